The minimum atomic E-state index is -1.74. The van der Waals surface area contributed by atoms with Crippen molar-refractivity contribution in [3.8, 4) is 0 Å². The predicted octanol–water partition coefficient (Wildman–Crippen LogP) is 4.79. The number of hydrogen-bond acceptors (Lipinski definition) is 3. The van der Waals surface area contributed by atoms with E-state index in [9.17, 15) is 4.79 Å². The van der Waals surface area contributed by atoms with Crippen LogP contribution in [0.2, 0.25) is 18.1 Å². The van der Waals surface area contributed by atoms with Gasteiger partial charge in [0.15, 0.2) is 8.32 Å². The zero-order valence-corrected chi connectivity index (χ0v) is 14.6. The number of benzene rings is 1. The van der Waals surface area contributed by atoms with Crippen molar-refractivity contribution in [2.75, 3.05) is 0 Å². The van der Waals surface area contributed by atoms with E-state index in [4.69, 9.17) is 4.43 Å². The Kier molecular flexibility index (Phi) is 5.08. The molecule has 4 heteroatoms. The number of nitrogens with zero attached hydrogens (tertiary/aromatic N) is 1. The number of aryl methyl sites for hydroxylation is 2. The van der Waals surface area contributed by atoms with Crippen molar-refractivity contribution in [1.82, 2.24) is 0 Å². The van der Waals surface area contributed by atoms with Gasteiger partial charge in [-0.1, -0.05) is 32.9 Å². The second-order valence-corrected chi connectivity index (χ2v) is 11.6. The van der Waals surface area contributed by atoms with Gasteiger partial charge in [-0.15, -0.1) is 0 Å². The van der Waals surface area contributed by atoms with Gasteiger partial charge in [-0.25, -0.2) is 4.79 Å². The van der Waals surface area contributed by atoms with E-state index in [0.717, 1.165) is 22.4 Å². The molecule has 20 heavy (non-hydrogen) atoms. The summed E-state index contributed by atoms with van der Waals surface area (Å²) in [5.41, 5.74) is 3.83. The zero-order valence-electron chi connectivity index (χ0n) is 13.6. The molecule has 0 aliphatic rings. The lowest BCUT2D eigenvalue weighted by Crippen LogP contribution is -2.40. The average Bonchev–Trinajstić information content (AvgIpc) is 2.30. The van der Waals surface area contributed by atoms with Gasteiger partial charge in [-0.2, -0.15) is 4.99 Å². The molecular formula is C16H25NO2Si. The standard InChI is InChI=1S/C16H25NO2Si/c1-12-8-14(9-13(2)15(12)17-11-18)10-19-20(6,7)16(3,4)5/h8-9H,10H2,1-7H3. The summed E-state index contributed by atoms with van der Waals surface area (Å²) in [4.78, 5) is 14.2. The van der Waals surface area contributed by atoms with Crippen molar-refractivity contribution < 1.29 is 9.22 Å². The van der Waals surface area contributed by atoms with E-state index in [2.05, 4.69) is 38.9 Å². The van der Waals surface area contributed by atoms with E-state index in [1.807, 2.05) is 26.0 Å². The van der Waals surface area contributed by atoms with Crippen LogP contribution in [0.25, 0.3) is 0 Å². The van der Waals surface area contributed by atoms with Gasteiger partial charge in [0, 0.05) is 0 Å². The number of hydrogen-bond donors (Lipinski definition) is 0. The van der Waals surface area contributed by atoms with Crippen molar-refractivity contribution in [1.29, 1.82) is 0 Å². The van der Waals surface area contributed by atoms with E-state index in [1.54, 1.807) is 6.08 Å². The summed E-state index contributed by atoms with van der Waals surface area (Å²) in [6, 6.07) is 4.08. The van der Waals surface area contributed by atoms with Crippen LogP contribution in [0.15, 0.2) is 17.1 Å². The third-order valence-electron chi connectivity index (χ3n) is 4.11. The van der Waals surface area contributed by atoms with Gasteiger partial charge >= 0.3 is 0 Å². The van der Waals surface area contributed by atoms with Crippen LogP contribution in [0.4, 0.5) is 5.69 Å². The highest BCUT2D eigenvalue weighted by atomic mass is 28.4. The first kappa shape index (κ1) is 16.8. The van der Waals surface area contributed by atoms with Gasteiger partial charge in [0.25, 0.3) is 0 Å². The summed E-state index contributed by atoms with van der Waals surface area (Å²) in [5.74, 6) is 0. The molecule has 0 aliphatic carbocycles. The molecule has 0 amide bonds. The van der Waals surface area contributed by atoms with E-state index < -0.39 is 8.32 Å². The van der Waals surface area contributed by atoms with Crippen molar-refractivity contribution in [2.24, 2.45) is 4.99 Å². The minimum Gasteiger partial charge on any atom is -0.413 e. The maximum absolute atomic E-state index is 10.4. The van der Waals surface area contributed by atoms with Gasteiger partial charge in [0.1, 0.15) is 0 Å². The van der Waals surface area contributed by atoms with Crippen LogP contribution in [0.5, 0.6) is 0 Å². The van der Waals surface area contributed by atoms with Crippen LogP contribution < -0.4 is 0 Å². The van der Waals surface area contributed by atoms with Gasteiger partial charge in [-0.05, 0) is 48.7 Å². The van der Waals surface area contributed by atoms with Crippen LogP contribution in [0.1, 0.15) is 37.5 Å². The van der Waals surface area contributed by atoms with Gasteiger partial charge in [0.05, 0.1) is 12.3 Å². The minimum absolute atomic E-state index is 0.207. The number of isocyanates is 1. The molecule has 0 bridgehead atoms. The van der Waals surface area contributed by atoms with Crippen LogP contribution >= 0.6 is 0 Å². The molecule has 0 saturated heterocycles. The van der Waals surface area contributed by atoms with E-state index >= 15 is 0 Å². The first-order chi connectivity index (χ1) is 9.08. The summed E-state index contributed by atoms with van der Waals surface area (Å²) < 4.78 is 6.22. The van der Waals surface area contributed by atoms with E-state index in [0.29, 0.717) is 6.61 Å². The van der Waals surface area contributed by atoms with Crippen molar-refractivity contribution >= 4 is 20.1 Å². The Labute approximate surface area is 123 Å². The lowest BCUT2D eigenvalue weighted by molar-refractivity contribution is 0.276. The molecule has 0 saturated carbocycles. The zero-order chi connectivity index (χ0) is 15.6. The molecule has 0 aromatic heterocycles. The van der Waals surface area contributed by atoms with Gasteiger partial charge in [0.2, 0.25) is 6.08 Å². The third kappa shape index (κ3) is 3.89. The Morgan fingerprint density at radius 3 is 2.10 bits per heavy atom. The summed E-state index contributed by atoms with van der Waals surface area (Å²) >= 11 is 0. The highest BCUT2D eigenvalue weighted by Crippen LogP contribution is 2.37. The second kappa shape index (κ2) is 6.04. The smallest absolute Gasteiger partial charge is 0.240 e. The fourth-order valence-electron chi connectivity index (χ4n) is 1.83. The van der Waals surface area contributed by atoms with Crippen molar-refractivity contribution in [3.05, 3.63) is 28.8 Å². The molecule has 110 valence electrons. The number of aliphatic imine (C=N–C) groups is 1. The Hall–Kier alpha value is -1.22. The maximum Gasteiger partial charge on any atom is 0.240 e. The monoisotopic (exact) mass is 291 g/mol. The molecule has 0 aliphatic heterocycles. The molecule has 1 aromatic rings. The third-order valence-corrected chi connectivity index (χ3v) is 8.59. The van der Waals surface area contributed by atoms with Gasteiger partial charge < -0.3 is 4.43 Å². The Bertz CT molecular complexity index is 515. The summed E-state index contributed by atoms with van der Waals surface area (Å²) in [7, 11) is -1.74. The molecule has 0 spiro atoms. The maximum atomic E-state index is 10.4. The number of rotatable bonds is 4. The molecule has 0 fully saturated rings. The summed E-state index contributed by atoms with van der Waals surface area (Å²) in [5, 5.41) is 0.207. The molecular weight excluding hydrogens is 266 g/mol. The lowest BCUT2D eigenvalue weighted by atomic mass is 10.1. The summed E-state index contributed by atoms with van der Waals surface area (Å²) in [6.45, 7) is 15.7. The van der Waals surface area contributed by atoms with E-state index in [-0.39, 0.29) is 5.04 Å². The molecule has 3 nitrogen and oxygen atoms in total. The Morgan fingerprint density at radius 2 is 1.70 bits per heavy atom. The van der Waals surface area contributed by atoms with Crippen LogP contribution in [-0.2, 0) is 15.8 Å². The molecule has 0 radical (unpaired) electrons. The normalized spacial score (nSPS) is 12.2. The van der Waals surface area contributed by atoms with Gasteiger partial charge in [-0.3, -0.25) is 0 Å². The molecule has 1 rings (SSSR count). The fourth-order valence-corrected chi connectivity index (χ4v) is 2.79. The largest absolute Gasteiger partial charge is 0.413 e. The Balaban J connectivity index is 2.94. The molecule has 1 aromatic carbocycles. The predicted molar refractivity (Wildman–Crippen MR) is 85.7 cm³/mol. The Morgan fingerprint density at radius 1 is 1.20 bits per heavy atom. The second-order valence-electron chi connectivity index (χ2n) is 6.83. The number of carbonyl (C=O) groups excluding carboxylic acids is 1. The highest BCUT2D eigenvalue weighted by Gasteiger charge is 2.37. The molecule has 0 heterocycles. The topological polar surface area (TPSA) is 38.7 Å². The molecule has 0 atom stereocenters. The highest BCUT2D eigenvalue weighted by molar-refractivity contribution is 6.74. The SMILES string of the molecule is Cc1cc(CO[Si](C)(C)C(C)(C)C)cc(C)c1N=C=O. The summed E-state index contributed by atoms with van der Waals surface area (Å²) in [6.07, 6.45) is 1.61. The van der Waals surface area contributed by atoms with Crippen LogP contribution in [-0.4, -0.2) is 14.4 Å². The van der Waals surface area contributed by atoms with Crippen molar-refractivity contribution in [3.63, 3.8) is 0 Å². The first-order valence-electron chi connectivity index (χ1n) is 6.90. The van der Waals surface area contributed by atoms with Crippen LogP contribution in [0, 0.1) is 13.8 Å². The first-order valence-corrected chi connectivity index (χ1v) is 9.81. The average molecular weight is 291 g/mol. The fraction of sp³-hybridized carbons (Fsp3) is 0.562. The van der Waals surface area contributed by atoms with E-state index in [1.165, 1.54) is 0 Å². The molecule has 0 unspecified atom stereocenters. The van der Waals surface area contributed by atoms with Crippen molar-refractivity contribution in [2.45, 2.75) is 59.4 Å². The quantitative estimate of drug-likeness (QED) is 0.454. The lowest BCUT2D eigenvalue weighted by Gasteiger charge is -2.36. The van der Waals surface area contributed by atoms with Crippen LogP contribution in [0.3, 0.4) is 0 Å². The molecule has 0 N–H and O–H groups in total.